The van der Waals surface area contributed by atoms with Crippen molar-refractivity contribution in [3.63, 3.8) is 0 Å². The van der Waals surface area contributed by atoms with Crippen molar-refractivity contribution in [2.45, 2.75) is 26.7 Å². The Hall–Kier alpha value is -2.04. The van der Waals surface area contributed by atoms with Crippen LogP contribution in [0.4, 0.5) is 11.4 Å². The summed E-state index contributed by atoms with van der Waals surface area (Å²) >= 11 is 0. The number of anilines is 2. The maximum Gasteiger partial charge on any atom is 0.238 e. The first-order chi connectivity index (χ1) is 12.7. The molecular formula is C22H30ClN3O. The largest absolute Gasteiger partial charge is 0.369 e. The normalized spacial score (nSPS) is 14.5. The first kappa shape index (κ1) is 21.3. The lowest BCUT2D eigenvalue weighted by Crippen LogP contribution is -2.48. The summed E-state index contributed by atoms with van der Waals surface area (Å²) in [5.41, 5.74) is 4.71. The number of piperazine rings is 1. The molecular weight excluding hydrogens is 358 g/mol. The van der Waals surface area contributed by atoms with Crippen LogP contribution in [0.25, 0.3) is 0 Å². The van der Waals surface area contributed by atoms with Gasteiger partial charge in [-0.05, 0) is 36.1 Å². The molecule has 27 heavy (non-hydrogen) atoms. The van der Waals surface area contributed by atoms with Crippen LogP contribution in [0.5, 0.6) is 0 Å². The summed E-state index contributed by atoms with van der Waals surface area (Å²) in [4.78, 5) is 17.2. The van der Waals surface area contributed by atoms with E-state index in [1.807, 2.05) is 6.07 Å². The highest BCUT2D eigenvalue weighted by molar-refractivity contribution is 5.93. The SMILES string of the molecule is CCc1cccc(CC)c1NC(=O)CN1CCN(c2ccccc2)CC1.Cl. The zero-order valence-electron chi connectivity index (χ0n) is 16.3. The summed E-state index contributed by atoms with van der Waals surface area (Å²) in [7, 11) is 0. The molecule has 146 valence electrons. The molecule has 0 bridgehead atoms. The highest BCUT2D eigenvalue weighted by Crippen LogP contribution is 2.22. The van der Waals surface area contributed by atoms with E-state index in [0.717, 1.165) is 44.7 Å². The Labute approximate surface area is 169 Å². The number of amides is 1. The van der Waals surface area contributed by atoms with Crippen LogP contribution in [-0.4, -0.2) is 43.5 Å². The second-order valence-electron chi connectivity index (χ2n) is 6.81. The number of hydrogen-bond acceptors (Lipinski definition) is 3. The predicted molar refractivity (Wildman–Crippen MR) is 116 cm³/mol. The van der Waals surface area contributed by atoms with E-state index in [1.54, 1.807) is 0 Å². The second kappa shape index (κ2) is 10.3. The maximum atomic E-state index is 12.6. The molecule has 5 heteroatoms. The van der Waals surface area contributed by atoms with Gasteiger partial charge in [0.2, 0.25) is 5.91 Å². The van der Waals surface area contributed by atoms with Crippen LogP contribution in [0.15, 0.2) is 48.5 Å². The van der Waals surface area contributed by atoms with E-state index in [2.05, 4.69) is 71.4 Å². The van der Waals surface area contributed by atoms with Gasteiger partial charge in [-0.15, -0.1) is 12.4 Å². The van der Waals surface area contributed by atoms with E-state index in [4.69, 9.17) is 0 Å². The van der Waals surface area contributed by atoms with E-state index >= 15 is 0 Å². The van der Waals surface area contributed by atoms with Crippen LogP contribution in [0.1, 0.15) is 25.0 Å². The number of halogens is 1. The number of aryl methyl sites for hydroxylation is 2. The Bertz CT molecular complexity index is 705. The van der Waals surface area contributed by atoms with Gasteiger partial charge < -0.3 is 10.2 Å². The molecule has 0 aliphatic carbocycles. The number of benzene rings is 2. The molecule has 0 atom stereocenters. The molecule has 2 aromatic rings. The highest BCUT2D eigenvalue weighted by atomic mass is 35.5. The van der Waals surface area contributed by atoms with Crippen molar-refractivity contribution >= 4 is 29.7 Å². The van der Waals surface area contributed by atoms with Crippen molar-refractivity contribution in [1.82, 2.24) is 4.90 Å². The number of hydrogen-bond donors (Lipinski definition) is 1. The monoisotopic (exact) mass is 387 g/mol. The molecule has 0 radical (unpaired) electrons. The summed E-state index contributed by atoms with van der Waals surface area (Å²) in [5.74, 6) is 0.0914. The first-order valence-electron chi connectivity index (χ1n) is 9.64. The van der Waals surface area contributed by atoms with Crippen LogP contribution in [-0.2, 0) is 17.6 Å². The van der Waals surface area contributed by atoms with Gasteiger partial charge in [0, 0.05) is 37.6 Å². The fourth-order valence-corrected chi connectivity index (χ4v) is 3.59. The van der Waals surface area contributed by atoms with Crippen LogP contribution >= 0.6 is 12.4 Å². The fraction of sp³-hybridized carbons (Fsp3) is 0.409. The van der Waals surface area contributed by atoms with Gasteiger partial charge in [-0.25, -0.2) is 0 Å². The van der Waals surface area contributed by atoms with Gasteiger partial charge in [0.15, 0.2) is 0 Å². The van der Waals surface area contributed by atoms with Gasteiger partial charge in [-0.2, -0.15) is 0 Å². The molecule has 3 rings (SSSR count). The van der Waals surface area contributed by atoms with Crippen molar-refractivity contribution in [2.75, 3.05) is 42.9 Å². The third-order valence-electron chi connectivity index (χ3n) is 5.12. The number of para-hydroxylation sites is 2. The van der Waals surface area contributed by atoms with E-state index in [0.29, 0.717) is 6.54 Å². The fourth-order valence-electron chi connectivity index (χ4n) is 3.59. The summed E-state index contributed by atoms with van der Waals surface area (Å²) in [6, 6.07) is 16.8. The minimum Gasteiger partial charge on any atom is -0.369 e. The Kier molecular flexibility index (Phi) is 8.14. The first-order valence-corrected chi connectivity index (χ1v) is 9.64. The molecule has 1 heterocycles. The number of nitrogens with zero attached hydrogens (tertiary/aromatic N) is 2. The zero-order valence-corrected chi connectivity index (χ0v) is 17.1. The third-order valence-corrected chi connectivity index (χ3v) is 5.12. The average molecular weight is 388 g/mol. The Morgan fingerprint density at radius 3 is 2.04 bits per heavy atom. The third kappa shape index (κ3) is 5.47. The molecule has 1 fully saturated rings. The highest BCUT2D eigenvalue weighted by Gasteiger charge is 2.20. The van der Waals surface area contributed by atoms with Gasteiger partial charge in [0.25, 0.3) is 0 Å². The molecule has 0 saturated carbocycles. The summed E-state index contributed by atoms with van der Waals surface area (Å²) in [6.45, 7) is 8.48. The van der Waals surface area contributed by atoms with Crippen molar-refractivity contribution < 1.29 is 4.79 Å². The lowest BCUT2D eigenvalue weighted by atomic mass is 10.0. The van der Waals surface area contributed by atoms with Gasteiger partial charge in [-0.3, -0.25) is 9.69 Å². The predicted octanol–water partition coefficient (Wildman–Crippen LogP) is 3.99. The van der Waals surface area contributed by atoms with Crippen molar-refractivity contribution in [1.29, 1.82) is 0 Å². The second-order valence-corrected chi connectivity index (χ2v) is 6.81. The van der Waals surface area contributed by atoms with Crippen LogP contribution in [0, 0.1) is 0 Å². The Balaban J connectivity index is 0.00000261. The number of carbonyl (C=O) groups is 1. The number of rotatable bonds is 6. The smallest absolute Gasteiger partial charge is 0.238 e. The quantitative estimate of drug-likeness (QED) is 0.813. The van der Waals surface area contributed by atoms with Crippen molar-refractivity contribution in [3.8, 4) is 0 Å². The lowest BCUT2D eigenvalue weighted by Gasteiger charge is -2.35. The summed E-state index contributed by atoms with van der Waals surface area (Å²) < 4.78 is 0. The summed E-state index contributed by atoms with van der Waals surface area (Å²) in [6.07, 6.45) is 1.86. The summed E-state index contributed by atoms with van der Waals surface area (Å²) in [5, 5.41) is 3.18. The minimum absolute atomic E-state index is 0. The molecule has 2 aromatic carbocycles. The lowest BCUT2D eigenvalue weighted by molar-refractivity contribution is -0.117. The van der Waals surface area contributed by atoms with Crippen LogP contribution in [0.3, 0.4) is 0 Å². The molecule has 0 aromatic heterocycles. The van der Waals surface area contributed by atoms with Crippen LogP contribution in [0.2, 0.25) is 0 Å². The van der Waals surface area contributed by atoms with Crippen molar-refractivity contribution in [2.24, 2.45) is 0 Å². The average Bonchev–Trinajstić information content (AvgIpc) is 2.69. The molecule has 1 N–H and O–H groups in total. The van der Waals surface area contributed by atoms with Gasteiger partial charge in [0.05, 0.1) is 6.54 Å². The van der Waals surface area contributed by atoms with Crippen molar-refractivity contribution in [3.05, 3.63) is 59.7 Å². The van der Waals surface area contributed by atoms with Gasteiger partial charge in [0.1, 0.15) is 0 Å². The molecule has 4 nitrogen and oxygen atoms in total. The number of nitrogens with one attached hydrogen (secondary N) is 1. The molecule has 0 spiro atoms. The zero-order chi connectivity index (χ0) is 18.4. The maximum absolute atomic E-state index is 12.6. The molecule has 1 aliphatic rings. The Morgan fingerprint density at radius 1 is 0.889 bits per heavy atom. The molecule has 0 unspecified atom stereocenters. The van der Waals surface area contributed by atoms with Gasteiger partial charge in [-0.1, -0.05) is 50.2 Å². The van der Waals surface area contributed by atoms with E-state index in [9.17, 15) is 4.79 Å². The number of carbonyl (C=O) groups excluding carboxylic acids is 1. The van der Waals surface area contributed by atoms with E-state index in [1.165, 1.54) is 16.8 Å². The molecule has 1 saturated heterocycles. The van der Waals surface area contributed by atoms with Crippen LogP contribution < -0.4 is 10.2 Å². The Morgan fingerprint density at radius 2 is 1.48 bits per heavy atom. The molecule has 1 aliphatic heterocycles. The van der Waals surface area contributed by atoms with E-state index < -0.39 is 0 Å². The molecule has 1 amide bonds. The minimum atomic E-state index is 0. The standard InChI is InChI=1S/C22H29N3O.ClH/c1-3-18-9-8-10-19(4-2)22(18)23-21(26)17-24-13-15-25(16-14-24)20-11-6-5-7-12-20;/h5-12H,3-4,13-17H2,1-2H3,(H,23,26);1H. The van der Waals surface area contributed by atoms with Gasteiger partial charge >= 0.3 is 0 Å². The topological polar surface area (TPSA) is 35.6 Å². The van der Waals surface area contributed by atoms with E-state index in [-0.39, 0.29) is 18.3 Å².